The molecule has 0 radical (unpaired) electrons. The number of pyridine rings is 1. The molecule has 0 aliphatic heterocycles. The van der Waals surface area contributed by atoms with Crippen LogP contribution in [0.3, 0.4) is 0 Å². The molecule has 4 aliphatic rings. The van der Waals surface area contributed by atoms with Gasteiger partial charge in [0.2, 0.25) is 0 Å². The van der Waals surface area contributed by atoms with Gasteiger partial charge in [0.15, 0.2) is 5.78 Å². The summed E-state index contributed by atoms with van der Waals surface area (Å²) in [6.45, 7) is 4.78. The summed E-state index contributed by atoms with van der Waals surface area (Å²) in [4.78, 5) is 28.7. The van der Waals surface area contributed by atoms with E-state index in [2.05, 4.69) is 18.8 Å². The third kappa shape index (κ3) is 2.90. The summed E-state index contributed by atoms with van der Waals surface area (Å²) >= 11 is 0. The Bertz CT molecular complexity index is 862. The second-order valence-electron chi connectivity index (χ2n) is 10.2. The summed E-state index contributed by atoms with van der Waals surface area (Å²) in [5.41, 5.74) is 2.22. The van der Waals surface area contributed by atoms with Crippen LogP contribution in [0.1, 0.15) is 75.6 Å². The molecule has 3 fully saturated rings. The van der Waals surface area contributed by atoms with Gasteiger partial charge < -0.3 is 4.74 Å². The fourth-order valence-electron chi connectivity index (χ4n) is 7.39. The summed E-state index contributed by atoms with van der Waals surface area (Å²) in [6, 6.07) is 3.56. The lowest BCUT2D eigenvalue weighted by atomic mass is 9.47. The average Bonchev–Trinajstić information content (AvgIpc) is 3.05. The Hall–Kier alpha value is -1.97. The SMILES string of the molecule is C[C@]12CCC(=O)C=C1CC[C@@H]1[C@@H]2CC[C@]2(C)C(OC(=O)c3cccnc3)CC[C@@H]12. The van der Waals surface area contributed by atoms with Gasteiger partial charge in [-0.05, 0) is 86.3 Å². The lowest BCUT2D eigenvalue weighted by molar-refractivity contribution is -0.118. The van der Waals surface area contributed by atoms with E-state index in [1.165, 1.54) is 18.4 Å². The number of allylic oxidation sites excluding steroid dienone is 1. The Labute approximate surface area is 173 Å². The van der Waals surface area contributed by atoms with Crippen molar-refractivity contribution in [2.24, 2.45) is 28.6 Å². The van der Waals surface area contributed by atoms with Crippen LogP contribution < -0.4 is 0 Å². The lowest BCUT2D eigenvalue weighted by Gasteiger charge is -2.57. The fraction of sp³-hybridized carbons (Fsp3) is 0.640. The van der Waals surface area contributed by atoms with Crippen LogP contribution in [0, 0.1) is 28.6 Å². The molecular weight excluding hydrogens is 362 g/mol. The number of carbonyl (C=O) groups is 2. The van der Waals surface area contributed by atoms with E-state index in [0.717, 1.165) is 32.1 Å². The number of aromatic nitrogens is 1. The van der Waals surface area contributed by atoms with Crippen molar-refractivity contribution in [1.82, 2.24) is 4.98 Å². The highest BCUT2D eigenvalue weighted by Crippen LogP contribution is 2.65. The molecule has 0 aromatic carbocycles. The molecule has 4 nitrogen and oxygen atoms in total. The van der Waals surface area contributed by atoms with Gasteiger partial charge in [0, 0.05) is 24.2 Å². The van der Waals surface area contributed by atoms with E-state index in [0.29, 0.717) is 35.5 Å². The first-order valence-electron chi connectivity index (χ1n) is 11.3. The topological polar surface area (TPSA) is 56.3 Å². The summed E-state index contributed by atoms with van der Waals surface area (Å²) < 4.78 is 6.06. The molecular formula is C25H31NO3. The largest absolute Gasteiger partial charge is 0.458 e. The highest BCUT2D eigenvalue weighted by atomic mass is 16.5. The monoisotopic (exact) mass is 393 g/mol. The van der Waals surface area contributed by atoms with E-state index in [1.807, 2.05) is 6.08 Å². The van der Waals surface area contributed by atoms with Gasteiger partial charge in [-0.15, -0.1) is 0 Å². The maximum Gasteiger partial charge on any atom is 0.339 e. The Morgan fingerprint density at radius 1 is 1.10 bits per heavy atom. The third-order valence-corrected chi connectivity index (χ3v) is 9.02. The van der Waals surface area contributed by atoms with Gasteiger partial charge in [-0.25, -0.2) is 4.79 Å². The minimum atomic E-state index is -0.237. The normalized spacial score (nSPS) is 41.0. The van der Waals surface area contributed by atoms with Gasteiger partial charge in [0.1, 0.15) is 6.10 Å². The number of hydrogen-bond donors (Lipinski definition) is 0. The smallest absolute Gasteiger partial charge is 0.339 e. The van der Waals surface area contributed by atoms with Crippen molar-refractivity contribution in [3.63, 3.8) is 0 Å². The molecule has 1 aromatic heterocycles. The summed E-state index contributed by atoms with van der Waals surface area (Å²) in [5, 5.41) is 0. The Balaban J connectivity index is 1.37. The summed E-state index contributed by atoms with van der Waals surface area (Å²) in [7, 11) is 0. The molecule has 0 N–H and O–H groups in total. The van der Waals surface area contributed by atoms with E-state index >= 15 is 0 Å². The van der Waals surface area contributed by atoms with Gasteiger partial charge in [-0.3, -0.25) is 9.78 Å². The summed E-state index contributed by atoms with van der Waals surface area (Å²) in [6.07, 6.45) is 13.6. The molecule has 1 aromatic rings. The molecule has 29 heavy (non-hydrogen) atoms. The first-order valence-corrected chi connectivity index (χ1v) is 11.3. The molecule has 0 amide bonds. The van der Waals surface area contributed by atoms with E-state index in [-0.39, 0.29) is 22.9 Å². The second kappa shape index (κ2) is 6.78. The predicted octanol–water partition coefficient (Wildman–Crippen LogP) is 5.14. The predicted molar refractivity (Wildman–Crippen MR) is 110 cm³/mol. The molecule has 154 valence electrons. The number of nitrogens with zero attached hydrogens (tertiary/aromatic N) is 1. The lowest BCUT2D eigenvalue weighted by Crippen LogP contribution is -2.51. The maximum atomic E-state index is 12.7. The zero-order chi connectivity index (χ0) is 20.2. The van der Waals surface area contributed by atoms with E-state index in [1.54, 1.807) is 24.5 Å². The zero-order valence-corrected chi connectivity index (χ0v) is 17.5. The van der Waals surface area contributed by atoms with Crippen LogP contribution in [0.4, 0.5) is 0 Å². The second-order valence-corrected chi connectivity index (χ2v) is 10.2. The van der Waals surface area contributed by atoms with Crippen molar-refractivity contribution < 1.29 is 14.3 Å². The molecule has 0 spiro atoms. The molecule has 4 aliphatic carbocycles. The van der Waals surface area contributed by atoms with Crippen molar-refractivity contribution in [3.05, 3.63) is 41.7 Å². The third-order valence-electron chi connectivity index (χ3n) is 9.02. The highest BCUT2D eigenvalue weighted by molar-refractivity contribution is 5.91. The number of fused-ring (bicyclic) bond motifs is 5. The van der Waals surface area contributed by atoms with Crippen molar-refractivity contribution >= 4 is 11.8 Å². The number of hydrogen-bond acceptors (Lipinski definition) is 4. The maximum absolute atomic E-state index is 12.7. The van der Waals surface area contributed by atoms with Gasteiger partial charge in [-0.2, -0.15) is 0 Å². The van der Waals surface area contributed by atoms with E-state index < -0.39 is 0 Å². The number of rotatable bonds is 2. The Kier molecular flexibility index (Phi) is 4.45. The van der Waals surface area contributed by atoms with E-state index in [4.69, 9.17) is 4.74 Å². The standard InChI is InChI=1S/C25H31NO3/c1-24-11-9-18(27)14-17(24)5-6-19-20-7-8-22(25(20,2)12-10-21(19)24)29-23(28)16-4-3-13-26-15-16/h3-4,13-15,19-22H,5-12H2,1-2H3/t19-,20-,21-,22?,24-,25-/m0/s1. The first kappa shape index (κ1) is 19.0. The molecule has 5 rings (SSSR count). The van der Waals surface area contributed by atoms with Crippen molar-refractivity contribution in [1.29, 1.82) is 0 Å². The van der Waals surface area contributed by atoms with Crippen LogP contribution in [0.2, 0.25) is 0 Å². The van der Waals surface area contributed by atoms with Crippen LogP contribution >= 0.6 is 0 Å². The number of esters is 1. The Morgan fingerprint density at radius 3 is 2.76 bits per heavy atom. The quantitative estimate of drug-likeness (QED) is 0.653. The molecule has 1 heterocycles. The molecule has 6 atom stereocenters. The van der Waals surface area contributed by atoms with Crippen molar-refractivity contribution in [3.8, 4) is 0 Å². The Morgan fingerprint density at radius 2 is 1.97 bits per heavy atom. The number of ether oxygens (including phenoxy) is 1. The molecule has 4 heteroatoms. The molecule has 1 unspecified atom stereocenters. The minimum absolute atomic E-state index is 0.00108. The summed E-state index contributed by atoms with van der Waals surface area (Å²) in [5.74, 6) is 2.05. The molecule has 3 saturated carbocycles. The van der Waals surface area contributed by atoms with Gasteiger partial charge in [-0.1, -0.05) is 19.4 Å². The minimum Gasteiger partial charge on any atom is -0.458 e. The van der Waals surface area contributed by atoms with Crippen LogP contribution in [0.15, 0.2) is 36.2 Å². The van der Waals surface area contributed by atoms with Crippen molar-refractivity contribution in [2.45, 2.75) is 71.3 Å². The number of ketones is 1. The zero-order valence-electron chi connectivity index (χ0n) is 17.5. The van der Waals surface area contributed by atoms with Gasteiger partial charge in [0.25, 0.3) is 0 Å². The number of carbonyl (C=O) groups excluding carboxylic acids is 2. The van der Waals surface area contributed by atoms with Crippen LogP contribution in [-0.4, -0.2) is 22.8 Å². The van der Waals surface area contributed by atoms with Crippen LogP contribution in [-0.2, 0) is 9.53 Å². The van der Waals surface area contributed by atoms with Crippen molar-refractivity contribution in [2.75, 3.05) is 0 Å². The fourth-order valence-corrected chi connectivity index (χ4v) is 7.39. The van der Waals surface area contributed by atoms with Crippen LogP contribution in [0.25, 0.3) is 0 Å². The molecule has 0 saturated heterocycles. The highest BCUT2D eigenvalue weighted by Gasteiger charge is 2.59. The van der Waals surface area contributed by atoms with Crippen LogP contribution in [0.5, 0.6) is 0 Å². The van der Waals surface area contributed by atoms with Gasteiger partial charge >= 0.3 is 5.97 Å². The average molecular weight is 394 g/mol. The first-order chi connectivity index (χ1) is 13.9. The van der Waals surface area contributed by atoms with E-state index in [9.17, 15) is 9.59 Å². The van der Waals surface area contributed by atoms with Gasteiger partial charge in [0.05, 0.1) is 5.56 Å². The molecule has 0 bridgehead atoms.